The lowest BCUT2D eigenvalue weighted by Gasteiger charge is -2.13. The van der Waals surface area contributed by atoms with Gasteiger partial charge in [0.1, 0.15) is 11.6 Å². The van der Waals surface area contributed by atoms with Crippen LogP contribution in [0.25, 0.3) is 10.9 Å². The Labute approximate surface area is 177 Å². The molecule has 0 aliphatic heterocycles. The maximum atomic E-state index is 12.7. The number of benzene rings is 2. The molecule has 1 amide bonds. The summed E-state index contributed by atoms with van der Waals surface area (Å²) < 4.78 is 32.0. The molecule has 8 heteroatoms. The van der Waals surface area contributed by atoms with Crippen molar-refractivity contribution in [3.05, 3.63) is 78.6 Å². The van der Waals surface area contributed by atoms with E-state index in [0.717, 1.165) is 16.6 Å². The second kappa shape index (κ2) is 8.83. The largest absolute Gasteiger partial charge is 0.434 e. The summed E-state index contributed by atoms with van der Waals surface area (Å²) in [5.74, 6) is 0.622. The number of nitrogens with one attached hydrogen (secondary N) is 2. The van der Waals surface area contributed by atoms with Crippen LogP contribution in [0.2, 0.25) is 0 Å². The van der Waals surface area contributed by atoms with Crippen molar-refractivity contribution in [2.45, 2.75) is 20.1 Å². The molecular formula is C23H20F2N4O2. The van der Waals surface area contributed by atoms with Gasteiger partial charge in [0.2, 0.25) is 5.91 Å². The topological polar surface area (TPSA) is 68.2 Å². The van der Waals surface area contributed by atoms with Gasteiger partial charge in [0.25, 0.3) is 0 Å². The number of amides is 1. The van der Waals surface area contributed by atoms with Gasteiger partial charge in [-0.3, -0.25) is 4.79 Å². The average Bonchev–Trinajstić information content (AvgIpc) is 3.11. The summed E-state index contributed by atoms with van der Waals surface area (Å²) in [5, 5.41) is 6.89. The number of halogens is 2. The number of para-hydroxylation sites is 1. The van der Waals surface area contributed by atoms with E-state index in [0.29, 0.717) is 23.6 Å². The number of aromatic nitrogens is 2. The van der Waals surface area contributed by atoms with Crippen molar-refractivity contribution in [3.8, 4) is 5.75 Å². The Bertz CT molecular complexity index is 1220. The first-order valence-electron chi connectivity index (χ1n) is 9.60. The maximum Gasteiger partial charge on any atom is 0.387 e. The summed E-state index contributed by atoms with van der Waals surface area (Å²) in [4.78, 5) is 15.7. The molecule has 0 unspecified atom stereocenters. The molecule has 0 aliphatic rings. The summed E-state index contributed by atoms with van der Waals surface area (Å²) in [5.41, 5.74) is 2.99. The average molecular weight is 422 g/mol. The van der Waals surface area contributed by atoms with Gasteiger partial charge in [-0.05, 0) is 30.3 Å². The van der Waals surface area contributed by atoms with Gasteiger partial charge < -0.3 is 19.9 Å². The Morgan fingerprint density at radius 2 is 1.90 bits per heavy atom. The van der Waals surface area contributed by atoms with E-state index in [2.05, 4.69) is 20.4 Å². The molecular weight excluding hydrogens is 402 g/mol. The predicted molar refractivity (Wildman–Crippen MR) is 116 cm³/mol. The van der Waals surface area contributed by atoms with E-state index in [1.807, 2.05) is 41.1 Å². The van der Waals surface area contributed by atoms with E-state index in [-0.39, 0.29) is 11.7 Å². The highest BCUT2D eigenvalue weighted by Crippen LogP contribution is 2.26. The van der Waals surface area contributed by atoms with Crippen LogP contribution in [0.3, 0.4) is 0 Å². The molecule has 0 spiro atoms. The van der Waals surface area contributed by atoms with Gasteiger partial charge in [-0.2, -0.15) is 8.78 Å². The van der Waals surface area contributed by atoms with Crippen LogP contribution in [-0.4, -0.2) is 22.1 Å². The van der Waals surface area contributed by atoms with Gasteiger partial charge in [-0.1, -0.05) is 24.3 Å². The second-order valence-electron chi connectivity index (χ2n) is 6.95. The summed E-state index contributed by atoms with van der Waals surface area (Å²) >= 11 is 0. The number of carbonyl (C=O) groups is 1. The number of carbonyl (C=O) groups excluding carboxylic acids is 1. The molecule has 158 valence electrons. The third-order valence-corrected chi connectivity index (χ3v) is 4.64. The predicted octanol–water partition coefficient (Wildman–Crippen LogP) is 5.39. The van der Waals surface area contributed by atoms with Crippen molar-refractivity contribution in [1.29, 1.82) is 0 Å². The summed E-state index contributed by atoms with van der Waals surface area (Å²) in [6.07, 6.45) is 3.63. The zero-order valence-corrected chi connectivity index (χ0v) is 16.7. The Hall–Kier alpha value is -3.94. The van der Waals surface area contributed by atoms with Gasteiger partial charge >= 0.3 is 6.61 Å². The van der Waals surface area contributed by atoms with Gasteiger partial charge in [0.05, 0.1) is 12.1 Å². The SMILES string of the molecule is CC(=O)Nc1cccc(Nc2cc3c(ccn3Cc3ccccc3OC(F)F)cn2)c1. The van der Waals surface area contributed by atoms with E-state index in [1.165, 1.54) is 13.0 Å². The van der Waals surface area contributed by atoms with Gasteiger partial charge in [-0.15, -0.1) is 0 Å². The molecule has 0 saturated heterocycles. The molecule has 2 aromatic carbocycles. The lowest BCUT2D eigenvalue weighted by Crippen LogP contribution is -2.07. The molecule has 2 N–H and O–H groups in total. The fourth-order valence-electron chi connectivity index (χ4n) is 3.34. The van der Waals surface area contributed by atoms with Crippen molar-refractivity contribution in [1.82, 2.24) is 9.55 Å². The van der Waals surface area contributed by atoms with E-state index in [1.54, 1.807) is 30.5 Å². The van der Waals surface area contributed by atoms with E-state index < -0.39 is 6.61 Å². The van der Waals surface area contributed by atoms with Crippen LogP contribution in [0.5, 0.6) is 5.75 Å². The molecule has 0 aliphatic carbocycles. The number of alkyl halides is 2. The minimum absolute atomic E-state index is 0.148. The van der Waals surface area contributed by atoms with E-state index in [9.17, 15) is 13.6 Å². The van der Waals surface area contributed by atoms with Crippen molar-refractivity contribution in [2.75, 3.05) is 10.6 Å². The Morgan fingerprint density at radius 3 is 2.71 bits per heavy atom. The summed E-state index contributed by atoms with van der Waals surface area (Å²) in [6.45, 7) is -1.06. The molecule has 0 fully saturated rings. The van der Waals surface area contributed by atoms with Crippen LogP contribution >= 0.6 is 0 Å². The fourth-order valence-corrected chi connectivity index (χ4v) is 3.34. The van der Waals surface area contributed by atoms with Crippen LogP contribution in [0.4, 0.5) is 26.0 Å². The number of ether oxygens (including phenoxy) is 1. The molecule has 6 nitrogen and oxygen atoms in total. The van der Waals surface area contributed by atoms with Crippen molar-refractivity contribution in [2.24, 2.45) is 0 Å². The molecule has 0 saturated carbocycles. The lowest BCUT2D eigenvalue weighted by molar-refractivity contribution is -0.114. The Balaban J connectivity index is 1.60. The molecule has 2 aromatic heterocycles. The third-order valence-electron chi connectivity index (χ3n) is 4.64. The van der Waals surface area contributed by atoms with Gasteiger partial charge in [0.15, 0.2) is 0 Å². The van der Waals surface area contributed by atoms with Crippen LogP contribution in [0, 0.1) is 0 Å². The Kier molecular flexibility index (Phi) is 5.79. The van der Waals surface area contributed by atoms with E-state index in [4.69, 9.17) is 0 Å². The number of anilines is 3. The van der Waals surface area contributed by atoms with Crippen LogP contribution in [0.15, 0.2) is 73.1 Å². The van der Waals surface area contributed by atoms with Gasteiger partial charge in [-0.25, -0.2) is 4.98 Å². The highest BCUT2D eigenvalue weighted by molar-refractivity contribution is 5.89. The lowest BCUT2D eigenvalue weighted by atomic mass is 10.2. The molecule has 0 bridgehead atoms. The monoisotopic (exact) mass is 422 g/mol. The number of fused-ring (bicyclic) bond motifs is 1. The molecule has 0 radical (unpaired) electrons. The molecule has 4 aromatic rings. The minimum atomic E-state index is -2.88. The standard InChI is InChI=1S/C23H20F2N4O2/c1-15(30)27-18-6-4-7-19(11-18)28-22-12-20-16(13-26-22)9-10-29(20)14-17-5-2-3-8-21(17)31-23(24)25/h2-13,23H,14H2,1H3,(H,26,28)(H,27,30). The first kappa shape index (κ1) is 20.3. The van der Waals surface area contributed by atoms with E-state index >= 15 is 0 Å². The first-order valence-corrected chi connectivity index (χ1v) is 9.60. The highest BCUT2D eigenvalue weighted by atomic mass is 19.3. The zero-order chi connectivity index (χ0) is 21.8. The number of hydrogen-bond acceptors (Lipinski definition) is 4. The Morgan fingerprint density at radius 1 is 1.10 bits per heavy atom. The fraction of sp³-hybridized carbons (Fsp3) is 0.130. The third kappa shape index (κ3) is 4.98. The summed E-state index contributed by atoms with van der Waals surface area (Å²) in [6, 6.07) is 17.9. The maximum absolute atomic E-state index is 12.7. The van der Waals surface area contributed by atoms with Crippen LogP contribution in [0.1, 0.15) is 12.5 Å². The normalized spacial score (nSPS) is 11.0. The molecule has 0 atom stereocenters. The number of hydrogen-bond donors (Lipinski definition) is 2. The van der Waals surface area contributed by atoms with Gasteiger partial charge in [0, 0.05) is 47.7 Å². The molecule has 2 heterocycles. The summed E-state index contributed by atoms with van der Waals surface area (Å²) in [7, 11) is 0. The quantitative estimate of drug-likeness (QED) is 0.419. The molecule has 31 heavy (non-hydrogen) atoms. The first-order chi connectivity index (χ1) is 15.0. The minimum Gasteiger partial charge on any atom is -0.434 e. The number of nitrogens with zero attached hydrogens (tertiary/aromatic N) is 2. The number of rotatable bonds is 7. The number of pyridine rings is 1. The van der Waals surface area contributed by atoms with Crippen LogP contribution in [-0.2, 0) is 11.3 Å². The smallest absolute Gasteiger partial charge is 0.387 e. The van der Waals surface area contributed by atoms with Crippen molar-refractivity contribution < 1.29 is 18.3 Å². The zero-order valence-electron chi connectivity index (χ0n) is 16.7. The second-order valence-corrected chi connectivity index (χ2v) is 6.95. The van der Waals surface area contributed by atoms with Crippen molar-refractivity contribution >= 4 is 34.0 Å². The van der Waals surface area contributed by atoms with Crippen molar-refractivity contribution in [3.63, 3.8) is 0 Å². The molecule has 4 rings (SSSR count). The highest BCUT2D eigenvalue weighted by Gasteiger charge is 2.11. The van der Waals surface area contributed by atoms with Crippen LogP contribution < -0.4 is 15.4 Å².